The molecule has 0 aliphatic heterocycles. The quantitative estimate of drug-likeness (QED) is 0.759. The molecular weight excluding hydrogens is 219 g/mol. The minimum Gasteiger partial charge on any atom is -0.228 e. The van der Waals surface area contributed by atoms with Crippen molar-refractivity contribution in [1.29, 1.82) is 0 Å². The lowest BCUT2D eigenvalue weighted by molar-refractivity contribution is 0.444. The van der Waals surface area contributed by atoms with Gasteiger partial charge in [0, 0.05) is 5.56 Å². The van der Waals surface area contributed by atoms with Crippen molar-refractivity contribution in [2.45, 2.75) is 0 Å². The van der Waals surface area contributed by atoms with Crippen LogP contribution in [0.5, 0.6) is 0 Å². The second kappa shape index (κ2) is 3.58. The number of hydrogen-bond acceptors (Lipinski definition) is 2. The normalized spacial score (nSPS) is 11.7. The molecule has 0 saturated heterocycles. The highest BCUT2D eigenvalue weighted by Gasteiger charge is 2.17. The summed E-state index contributed by atoms with van der Waals surface area (Å²) >= 11 is 0. The first kappa shape index (κ1) is 11.0. The Hall–Kier alpha value is -1.08. The lowest BCUT2D eigenvalue weighted by atomic mass is 10.2. The Balaban J connectivity index is 3.19. The van der Waals surface area contributed by atoms with Crippen LogP contribution in [0, 0.1) is 23.2 Å². The summed E-state index contributed by atoms with van der Waals surface area (Å²) in [6.07, 6.45) is 0. The van der Waals surface area contributed by atoms with E-state index in [0.29, 0.717) is 11.8 Å². The van der Waals surface area contributed by atoms with Gasteiger partial charge in [-0.2, -0.15) is 0 Å². The van der Waals surface area contributed by atoms with Crippen LogP contribution in [0.2, 0.25) is 0 Å². The van der Waals surface area contributed by atoms with Gasteiger partial charge in [0.1, 0.15) is 5.75 Å². The predicted octanol–water partition coefficient (Wildman–Crippen LogP) is 0.902. The molecule has 0 saturated carbocycles. The molecule has 0 aliphatic rings. The molecule has 0 unspecified atom stereocenters. The van der Waals surface area contributed by atoms with Crippen molar-refractivity contribution in [2.75, 3.05) is 0 Å². The Kier molecular flexibility index (Phi) is 2.81. The summed E-state index contributed by atoms with van der Waals surface area (Å²) in [5.41, 5.74) is -0.619. The van der Waals surface area contributed by atoms with Crippen molar-refractivity contribution < 1.29 is 21.6 Å². The van der Waals surface area contributed by atoms with Crippen LogP contribution in [0.25, 0.3) is 0 Å². The van der Waals surface area contributed by atoms with Crippen LogP contribution in [-0.4, -0.2) is 8.42 Å². The Labute approximate surface area is 78.4 Å². The van der Waals surface area contributed by atoms with Crippen molar-refractivity contribution in [1.82, 2.24) is 0 Å². The average Bonchev–Trinajstić information content (AvgIpc) is 2.04. The zero-order valence-corrected chi connectivity index (χ0v) is 7.48. The molecule has 77 valence electrons. The minimum absolute atomic E-state index is 0.310. The summed E-state index contributed by atoms with van der Waals surface area (Å²) in [5, 5.41) is 4.56. The Morgan fingerprint density at radius 3 is 2.21 bits per heavy atom. The molecule has 1 aromatic carbocycles. The zero-order valence-electron chi connectivity index (χ0n) is 6.67. The van der Waals surface area contributed by atoms with E-state index in [0.717, 1.165) is 6.07 Å². The number of nitrogens with two attached hydrogens (primary N) is 1. The summed E-state index contributed by atoms with van der Waals surface area (Å²) in [7, 11) is -4.08. The van der Waals surface area contributed by atoms with Crippen LogP contribution in [0.1, 0.15) is 5.56 Å². The van der Waals surface area contributed by atoms with Crippen molar-refractivity contribution >= 4 is 10.0 Å². The van der Waals surface area contributed by atoms with Gasteiger partial charge in [0.25, 0.3) is 0 Å². The smallest absolute Gasteiger partial charge is 0.217 e. The summed E-state index contributed by atoms with van der Waals surface area (Å²) in [5.74, 6) is -4.40. The summed E-state index contributed by atoms with van der Waals surface area (Å²) in [6, 6.07) is 1.38. The van der Waals surface area contributed by atoms with Gasteiger partial charge in [-0.05, 0) is 6.07 Å². The van der Waals surface area contributed by atoms with Crippen LogP contribution < -0.4 is 5.14 Å². The maximum atomic E-state index is 12.8. The topological polar surface area (TPSA) is 60.2 Å². The first-order valence-electron chi connectivity index (χ1n) is 3.32. The maximum absolute atomic E-state index is 12.8. The molecular formula is C7H5F3NO2S. The maximum Gasteiger partial charge on any atom is 0.217 e. The standard InChI is InChI=1S/C7H5F3NO2S/c8-5-2-1-4(3-14(11,12)13)6(9)7(5)10/h1-3H,(H2,11,12,13). The fourth-order valence-electron chi connectivity index (χ4n) is 0.809. The van der Waals surface area contributed by atoms with E-state index in [-0.39, 0.29) is 0 Å². The van der Waals surface area contributed by atoms with Crippen LogP contribution in [-0.2, 0) is 10.0 Å². The summed E-state index contributed by atoms with van der Waals surface area (Å²) in [4.78, 5) is 0. The van der Waals surface area contributed by atoms with Gasteiger partial charge in [-0.25, -0.2) is 26.7 Å². The molecule has 0 heterocycles. The summed E-state index contributed by atoms with van der Waals surface area (Å²) < 4.78 is 58.7. The van der Waals surface area contributed by atoms with Gasteiger partial charge >= 0.3 is 0 Å². The van der Waals surface area contributed by atoms with Gasteiger partial charge in [0.15, 0.2) is 17.5 Å². The van der Waals surface area contributed by atoms with E-state index in [1.807, 2.05) is 0 Å². The first-order valence-corrected chi connectivity index (χ1v) is 4.93. The highest BCUT2D eigenvalue weighted by atomic mass is 32.2. The van der Waals surface area contributed by atoms with Crippen molar-refractivity contribution in [3.05, 3.63) is 40.9 Å². The number of sulfonamides is 1. The molecule has 0 spiro atoms. The molecule has 0 aliphatic carbocycles. The second-order valence-corrected chi connectivity index (χ2v) is 3.89. The van der Waals surface area contributed by atoms with E-state index < -0.39 is 33.0 Å². The van der Waals surface area contributed by atoms with Crippen molar-refractivity contribution in [3.63, 3.8) is 0 Å². The molecule has 0 bridgehead atoms. The number of primary sulfonamides is 1. The van der Waals surface area contributed by atoms with Crippen molar-refractivity contribution in [2.24, 2.45) is 5.14 Å². The molecule has 7 heteroatoms. The number of halogens is 3. The van der Waals surface area contributed by atoms with E-state index in [2.05, 4.69) is 5.14 Å². The average molecular weight is 224 g/mol. The molecule has 1 radical (unpaired) electrons. The molecule has 0 aromatic heterocycles. The van der Waals surface area contributed by atoms with Gasteiger partial charge in [-0.15, -0.1) is 0 Å². The van der Waals surface area contributed by atoms with Crippen LogP contribution >= 0.6 is 0 Å². The third-order valence-electron chi connectivity index (χ3n) is 1.36. The van der Waals surface area contributed by atoms with E-state index in [1.165, 1.54) is 0 Å². The van der Waals surface area contributed by atoms with E-state index in [4.69, 9.17) is 0 Å². The summed E-state index contributed by atoms with van der Waals surface area (Å²) in [6.45, 7) is 0. The van der Waals surface area contributed by atoms with Gasteiger partial charge in [0.05, 0.1) is 0 Å². The van der Waals surface area contributed by atoms with Gasteiger partial charge < -0.3 is 0 Å². The molecule has 0 fully saturated rings. The van der Waals surface area contributed by atoms with Crippen LogP contribution in [0.3, 0.4) is 0 Å². The zero-order chi connectivity index (χ0) is 10.9. The predicted molar refractivity (Wildman–Crippen MR) is 42.8 cm³/mol. The highest BCUT2D eigenvalue weighted by Crippen LogP contribution is 2.17. The SMILES string of the molecule is NS(=O)(=O)[CH]c1ccc(F)c(F)c1F. The van der Waals surface area contributed by atoms with E-state index in [1.54, 1.807) is 0 Å². The number of hydrogen-bond donors (Lipinski definition) is 1. The van der Waals surface area contributed by atoms with Gasteiger partial charge in [0.2, 0.25) is 10.0 Å². The van der Waals surface area contributed by atoms with Crippen LogP contribution in [0.4, 0.5) is 13.2 Å². The lowest BCUT2D eigenvalue weighted by Gasteiger charge is -2.01. The number of rotatable bonds is 2. The molecule has 14 heavy (non-hydrogen) atoms. The monoisotopic (exact) mass is 224 g/mol. The molecule has 1 rings (SSSR count). The molecule has 1 aromatic rings. The second-order valence-electron chi connectivity index (χ2n) is 2.47. The Morgan fingerprint density at radius 1 is 1.14 bits per heavy atom. The minimum atomic E-state index is -4.08. The van der Waals surface area contributed by atoms with Crippen molar-refractivity contribution in [3.8, 4) is 0 Å². The third-order valence-corrected chi connectivity index (χ3v) is 1.94. The Morgan fingerprint density at radius 2 is 1.71 bits per heavy atom. The van der Waals surface area contributed by atoms with E-state index in [9.17, 15) is 21.6 Å². The third kappa shape index (κ3) is 2.46. The van der Waals surface area contributed by atoms with Gasteiger partial charge in [-0.1, -0.05) is 6.07 Å². The van der Waals surface area contributed by atoms with Crippen LogP contribution in [0.15, 0.2) is 12.1 Å². The first-order chi connectivity index (χ1) is 6.31. The fraction of sp³-hybridized carbons (Fsp3) is 0. The molecule has 0 atom stereocenters. The Bertz CT molecular complexity index is 458. The van der Waals surface area contributed by atoms with Gasteiger partial charge in [-0.3, -0.25) is 0 Å². The van der Waals surface area contributed by atoms with E-state index >= 15 is 0 Å². The number of benzene rings is 1. The molecule has 3 nitrogen and oxygen atoms in total. The fourth-order valence-corrected chi connectivity index (χ4v) is 1.34. The highest BCUT2D eigenvalue weighted by molar-refractivity contribution is 7.91. The lowest BCUT2D eigenvalue weighted by Crippen LogP contribution is -2.14. The largest absolute Gasteiger partial charge is 0.228 e. The molecule has 2 N–H and O–H groups in total. The molecule has 0 amide bonds.